The number of hydrogen-bond acceptors (Lipinski definition) is 10. The Bertz CT molecular complexity index is 1700. The standard InChI is InChI=1S/C30H22O10/c1-38-27-21(35)8-14(9-22(27)36)2-3-16-10-18(32)12-23-25(16)30(29(37)40-23)26-20(34)11-19(33)13-24(26)39-28(30)15-4-6-17(31)7-5-15/h2-13,28,31-36H,1H3/b3-2+/t28-,30-/m0/s1. The zero-order chi connectivity index (χ0) is 28.3. The van der Waals surface area contributed by atoms with Crippen LogP contribution in [0.2, 0.25) is 0 Å². The molecular weight excluding hydrogens is 520 g/mol. The van der Waals surface area contributed by atoms with Crippen molar-refractivity contribution in [3.8, 4) is 51.7 Å². The van der Waals surface area contributed by atoms with Crippen LogP contribution in [0, 0.1) is 0 Å². The van der Waals surface area contributed by atoms with Gasteiger partial charge in [0.2, 0.25) is 5.75 Å². The molecule has 4 aromatic carbocycles. The van der Waals surface area contributed by atoms with Gasteiger partial charge in [-0.1, -0.05) is 24.3 Å². The molecule has 0 saturated heterocycles. The highest BCUT2D eigenvalue weighted by atomic mass is 16.6. The summed E-state index contributed by atoms with van der Waals surface area (Å²) in [6.45, 7) is 0. The van der Waals surface area contributed by atoms with Gasteiger partial charge in [0.25, 0.3) is 0 Å². The maximum atomic E-state index is 13.9. The minimum Gasteiger partial charge on any atom is -0.508 e. The number of methoxy groups -OCH3 is 1. The van der Waals surface area contributed by atoms with Crippen LogP contribution in [0.25, 0.3) is 12.2 Å². The highest BCUT2D eigenvalue weighted by molar-refractivity contribution is 6.00. The summed E-state index contributed by atoms with van der Waals surface area (Å²) in [7, 11) is 1.30. The summed E-state index contributed by atoms with van der Waals surface area (Å²) >= 11 is 0. The number of carbonyl (C=O) groups is 1. The van der Waals surface area contributed by atoms with E-state index >= 15 is 0 Å². The Balaban J connectivity index is 1.61. The van der Waals surface area contributed by atoms with E-state index in [1.165, 1.54) is 55.7 Å². The van der Waals surface area contributed by atoms with Gasteiger partial charge in [0, 0.05) is 23.8 Å². The largest absolute Gasteiger partial charge is 0.508 e. The molecule has 202 valence electrons. The van der Waals surface area contributed by atoms with Crippen molar-refractivity contribution in [2.75, 3.05) is 7.11 Å². The molecule has 0 fully saturated rings. The maximum Gasteiger partial charge on any atom is 0.331 e. The summed E-state index contributed by atoms with van der Waals surface area (Å²) in [4.78, 5) is 13.9. The van der Waals surface area contributed by atoms with E-state index in [9.17, 15) is 35.4 Å². The van der Waals surface area contributed by atoms with Crippen molar-refractivity contribution in [2.24, 2.45) is 0 Å². The molecule has 0 aliphatic carbocycles. The molecule has 0 aromatic heterocycles. The number of benzene rings is 4. The molecule has 0 saturated carbocycles. The smallest absolute Gasteiger partial charge is 0.331 e. The van der Waals surface area contributed by atoms with E-state index in [4.69, 9.17) is 14.2 Å². The van der Waals surface area contributed by atoms with Crippen LogP contribution in [-0.4, -0.2) is 43.7 Å². The number of aromatic hydroxyl groups is 6. The van der Waals surface area contributed by atoms with Crippen LogP contribution in [0.4, 0.5) is 0 Å². The summed E-state index contributed by atoms with van der Waals surface area (Å²) in [6, 6.07) is 13.7. The average Bonchev–Trinajstić information content (AvgIpc) is 3.37. The van der Waals surface area contributed by atoms with Crippen LogP contribution in [0.3, 0.4) is 0 Å². The first kappa shape index (κ1) is 24.8. The average molecular weight is 542 g/mol. The van der Waals surface area contributed by atoms with E-state index in [0.717, 1.165) is 6.07 Å². The van der Waals surface area contributed by atoms with Crippen molar-refractivity contribution in [1.29, 1.82) is 0 Å². The predicted molar refractivity (Wildman–Crippen MR) is 141 cm³/mol. The minimum atomic E-state index is -1.78. The van der Waals surface area contributed by atoms with Gasteiger partial charge in [0.15, 0.2) is 16.9 Å². The number of ether oxygens (including phenoxy) is 3. The van der Waals surface area contributed by atoms with Gasteiger partial charge in [-0.15, -0.1) is 0 Å². The molecule has 2 aliphatic heterocycles. The van der Waals surface area contributed by atoms with Gasteiger partial charge in [-0.3, -0.25) is 4.79 Å². The Labute approximate surface area is 226 Å². The Morgan fingerprint density at radius 2 is 1.40 bits per heavy atom. The van der Waals surface area contributed by atoms with E-state index in [2.05, 4.69) is 0 Å². The first-order valence-electron chi connectivity index (χ1n) is 12.0. The molecule has 4 aromatic rings. The second-order valence-electron chi connectivity index (χ2n) is 9.46. The van der Waals surface area contributed by atoms with Gasteiger partial charge in [-0.05, 0) is 47.0 Å². The second kappa shape index (κ2) is 8.77. The molecule has 0 amide bonds. The quantitative estimate of drug-likeness (QED) is 0.123. The number of hydrogen-bond donors (Lipinski definition) is 6. The SMILES string of the molecule is COc1c(O)cc(/C=C/c2cc(O)cc3c2[C@]2(C(=O)O3)c3c(O)cc(O)cc3O[C@H]2c2ccc(O)cc2)cc1O. The van der Waals surface area contributed by atoms with Gasteiger partial charge in [-0.2, -0.15) is 0 Å². The molecule has 2 aliphatic rings. The number of esters is 1. The van der Waals surface area contributed by atoms with Crippen molar-refractivity contribution in [3.63, 3.8) is 0 Å². The number of carbonyl (C=O) groups excluding carboxylic acids is 1. The summed E-state index contributed by atoms with van der Waals surface area (Å²) < 4.78 is 16.8. The summed E-state index contributed by atoms with van der Waals surface area (Å²) in [5, 5.41) is 62.0. The normalized spacial score (nSPS) is 18.9. The van der Waals surface area contributed by atoms with Crippen molar-refractivity contribution in [2.45, 2.75) is 11.5 Å². The molecule has 0 radical (unpaired) electrons. The molecular formula is C30H22O10. The highest BCUT2D eigenvalue weighted by Gasteiger charge is 2.64. The zero-order valence-electron chi connectivity index (χ0n) is 20.8. The van der Waals surface area contributed by atoms with E-state index in [1.54, 1.807) is 18.2 Å². The first-order valence-corrected chi connectivity index (χ1v) is 12.0. The fourth-order valence-electron chi connectivity index (χ4n) is 5.50. The topological polar surface area (TPSA) is 166 Å². The second-order valence-corrected chi connectivity index (χ2v) is 9.46. The van der Waals surface area contributed by atoms with E-state index in [0.29, 0.717) is 16.7 Å². The molecule has 2 heterocycles. The third-order valence-corrected chi connectivity index (χ3v) is 7.06. The minimum absolute atomic E-state index is 0.0113. The van der Waals surface area contributed by atoms with Crippen LogP contribution in [0.1, 0.15) is 33.9 Å². The Morgan fingerprint density at radius 1 is 0.750 bits per heavy atom. The van der Waals surface area contributed by atoms with Gasteiger partial charge in [0.1, 0.15) is 40.6 Å². The zero-order valence-corrected chi connectivity index (χ0v) is 20.8. The van der Waals surface area contributed by atoms with Crippen LogP contribution < -0.4 is 14.2 Å². The van der Waals surface area contributed by atoms with Crippen molar-refractivity contribution in [3.05, 3.63) is 88.5 Å². The molecule has 0 bridgehead atoms. The van der Waals surface area contributed by atoms with Crippen LogP contribution in [-0.2, 0) is 10.2 Å². The van der Waals surface area contributed by atoms with Gasteiger partial charge in [-0.25, -0.2) is 0 Å². The maximum absolute atomic E-state index is 13.9. The molecule has 40 heavy (non-hydrogen) atoms. The van der Waals surface area contributed by atoms with Crippen molar-refractivity contribution < 1.29 is 49.6 Å². The summed E-state index contributed by atoms with van der Waals surface area (Å²) in [5.41, 5.74) is -0.303. The van der Waals surface area contributed by atoms with Crippen LogP contribution >= 0.6 is 0 Å². The van der Waals surface area contributed by atoms with E-state index < -0.39 is 23.2 Å². The fourth-order valence-corrected chi connectivity index (χ4v) is 5.50. The summed E-state index contributed by atoms with van der Waals surface area (Å²) in [6.07, 6.45) is 1.98. The number of rotatable bonds is 4. The molecule has 6 N–H and O–H groups in total. The van der Waals surface area contributed by atoms with Crippen LogP contribution in [0.15, 0.2) is 60.7 Å². The lowest BCUT2D eigenvalue weighted by Gasteiger charge is -2.29. The van der Waals surface area contributed by atoms with Crippen LogP contribution in [0.5, 0.6) is 51.7 Å². The van der Waals surface area contributed by atoms with Gasteiger partial charge in [0.05, 0.1) is 12.7 Å². The molecule has 1 spiro atoms. The predicted octanol–water partition coefficient (Wildman–Crippen LogP) is 4.44. The van der Waals surface area contributed by atoms with Gasteiger partial charge < -0.3 is 44.8 Å². The molecule has 0 unspecified atom stereocenters. The summed E-state index contributed by atoms with van der Waals surface area (Å²) in [5.74, 6) is -2.32. The third-order valence-electron chi connectivity index (χ3n) is 7.06. The lowest BCUT2D eigenvalue weighted by Crippen LogP contribution is -2.40. The molecule has 10 nitrogen and oxygen atoms in total. The number of phenols is 6. The third kappa shape index (κ3) is 3.53. The Kier molecular flexibility index (Phi) is 5.44. The van der Waals surface area contributed by atoms with E-state index in [1.807, 2.05) is 0 Å². The lowest BCUT2D eigenvalue weighted by molar-refractivity contribution is -0.139. The lowest BCUT2D eigenvalue weighted by atomic mass is 9.68. The monoisotopic (exact) mass is 542 g/mol. The number of phenolic OH excluding ortho intramolecular Hbond substituents is 6. The Morgan fingerprint density at radius 3 is 2.08 bits per heavy atom. The molecule has 10 heteroatoms. The molecule has 6 rings (SSSR count). The van der Waals surface area contributed by atoms with E-state index in [-0.39, 0.29) is 57.1 Å². The fraction of sp³-hybridized carbons (Fsp3) is 0.100. The van der Waals surface area contributed by atoms with Gasteiger partial charge >= 0.3 is 5.97 Å². The number of fused-ring (bicyclic) bond motifs is 4. The van der Waals surface area contributed by atoms with Crippen molar-refractivity contribution >= 4 is 18.1 Å². The first-order chi connectivity index (χ1) is 19.1. The van der Waals surface area contributed by atoms with Crippen molar-refractivity contribution in [1.82, 2.24) is 0 Å². The molecule has 2 atom stereocenters. The Hall–Kier alpha value is -5.51. The highest BCUT2D eigenvalue weighted by Crippen LogP contribution is 2.63.